The number of aryl methyl sites for hydroxylation is 1. The summed E-state index contributed by atoms with van der Waals surface area (Å²) in [6.07, 6.45) is 2.41. The molecule has 0 amide bonds. The number of nitrogens with zero attached hydrogens (tertiary/aromatic N) is 1. The van der Waals surface area contributed by atoms with Gasteiger partial charge < -0.3 is 24.8 Å². The highest BCUT2D eigenvalue weighted by molar-refractivity contribution is 5.80. The Labute approximate surface area is 179 Å². The minimum Gasteiger partial charge on any atom is -0.493 e. The van der Waals surface area contributed by atoms with Crippen molar-refractivity contribution in [2.75, 3.05) is 34.4 Å². The van der Waals surface area contributed by atoms with Crippen molar-refractivity contribution in [1.29, 1.82) is 0 Å². The molecule has 0 atom stereocenters. The van der Waals surface area contributed by atoms with Crippen LogP contribution in [0.5, 0.6) is 17.2 Å². The first-order valence-electron chi connectivity index (χ1n) is 10.4. The number of nitrogens with one attached hydrogen (secondary N) is 2. The summed E-state index contributed by atoms with van der Waals surface area (Å²) in [6.45, 7) is 6.45. The molecule has 0 bridgehead atoms. The lowest BCUT2D eigenvalue weighted by molar-refractivity contribution is 0.324. The van der Waals surface area contributed by atoms with Crippen LogP contribution in [0.1, 0.15) is 36.5 Å². The van der Waals surface area contributed by atoms with Gasteiger partial charge in [-0.1, -0.05) is 24.3 Å². The van der Waals surface area contributed by atoms with Crippen LogP contribution in [0, 0.1) is 6.92 Å². The van der Waals surface area contributed by atoms with Gasteiger partial charge in [-0.15, -0.1) is 0 Å². The summed E-state index contributed by atoms with van der Waals surface area (Å²) in [6, 6.07) is 12.6. The molecule has 6 heteroatoms. The number of methoxy groups -OCH3 is 3. The van der Waals surface area contributed by atoms with Crippen molar-refractivity contribution in [2.45, 2.75) is 38.6 Å². The van der Waals surface area contributed by atoms with Gasteiger partial charge in [0.15, 0.2) is 17.5 Å². The van der Waals surface area contributed by atoms with Crippen LogP contribution in [0.25, 0.3) is 0 Å². The maximum atomic E-state index is 5.45. The van der Waals surface area contributed by atoms with Gasteiger partial charge in [0.1, 0.15) is 0 Å². The highest BCUT2D eigenvalue weighted by atomic mass is 16.5. The van der Waals surface area contributed by atoms with E-state index >= 15 is 0 Å². The van der Waals surface area contributed by atoms with Gasteiger partial charge in [-0.3, -0.25) is 0 Å². The van der Waals surface area contributed by atoms with Crippen LogP contribution >= 0.6 is 0 Å². The van der Waals surface area contributed by atoms with E-state index in [1.54, 1.807) is 21.3 Å². The van der Waals surface area contributed by atoms with Crippen molar-refractivity contribution in [2.24, 2.45) is 4.99 Å². The van der Waals surface area contributed by atoms with E-state index in [4.69, 9.17) is 19.2 Å². The van der Waals surface area contributed by atoms with Crippen molar-refractivity contribution < 1.29 is 14.2 Å². The fourth-order valence-corrected chi connectivity index (χ4v) is 3.85. The Bertz CT molecular complexity index is 866. The first-order chi connectivity index (χ1) is 14.6. The Morgan fingerprint density at radius 1 is 1.00 bits per heavy atom. The van der Waals surface area contributed by atoms with Gasteiger partial charge in [-0.05, 0) is 55.5 Å². The molecular weight excluding hydrogens is 378 g/mol. The fraction of sp³-hybridized carbons (Fsp3) is 0.458. The van der Waals surface area contributed by atoms with E-state index in [0.717, 1.165) is 24.6 Å². The van der Waals surface area contributed by atoms with Gasteiger partial charge in [0, 0.05) is 18.5 Å². The van der Waals surface area contributed by atoms with Gasteiger partial charge >= 0.3 is 0 Å². The van der Waals surface area contributed by atoms with Crippen molar-refractivity contribution in [3.05, 3.63) is 53.1 Å². The summed E-state index contributed by atoms with van der Waals surface area (Å²) < 4.78 is 16.3. The first kappa shape index (κ1) is 21.8. The third kappa shape index (κ3) is 4.81. The van der Waals surface area contributed by atoms with Gasteiger partial charge in [-0.2, -0.15) is 0 Å². The molecule has 1 aliphatic rings. The second-order valence-corrected chi connectivity index (χ2v) is 7.68. The molecule has 0 spiro atoms. The van der Waals surface area contributed by atoms with Gasteiger partial charge in [-0.25, -0.2) is 4.99 Å². The van der Waals surface area contributed by atoms with Gasteiger partial charge in [0.25, 0.3) is 0 Å². The van der Waals surface area contributed by atoms with Crippen LogP contribution in [0.4, 0.5) is 0 Å². The third-order valence-corrected chi connectivity index (χ3v) is 5.65. The van der Waals surface area contributed by atoms with Crippen molar-refractivity contribution in [3.8, 4) is 17.2 Å². The summed E-state index contributed by atoms with van der Waals surface area (Å²) in [5, 5.41) is 6.90. The minimum atomic E-state index is 0.216. The van der Waals surface area contributed by atoms with Crippen LogP contribution < -0.4 is 24.8 Å². The molecule has 2 aromatic carbocycles. The lowest BCUT2D eigenvalue weighted by atomic mass is 9.92. The van der Waals surface area contributed by atoms with Crippen LogP contribution in [0.3, 0.4) is 0 Å². The summed E-state index contributed by atoms with van der Waals surface area (Å²) in [4.78, 5) is 4.78. The largest absolute Gasteiger partial charge is 0.493 e. The molecular formula is C24H33N3O3. The number of ether oxygens (including phenoxy) is 3. The second-order valence-electron chi connectivity index (χ2n) is 7.68. The SMILES string of the molecule is CCNC(=NCc1cc(OC)c(OC)c(OC)c1)NCC1(c2ccccc2C)CC1. The maximum Gasteiger partial charge on any atom is 0.203 e. The summed E-state index contributed by atoms with van der Waals surface area (Å²) in [5.41, 5.74) is 4.00. The van der Waals surface area contributed by atoms with E-state index in [1.807, 2.05) is 12.1 Å². The van der Waals surface area contributed by atoms with E-state index < -0.39 is 0 Å². The van der Waals surface area contributed by atoms with E-state index in [2.05, 4.69) is 48.7 Å². The van der Waals surface area contributed by atoms with Gasteiger partial charge in [0.05, 0.1) is 27.9 Å². The van der Waals surface area contributed by atoms with Crippen molar-refractivity contribution >= 4 is 5.96 Å². The molecule has 6 nitrogen and oxygen atoms in total. The molecule has 1 aliphatic carbocycles. The van der Waals surface area contributed by atoms with Crippen LogP contribution in [0.15, 0.2) is 41.4 Å². The first-order valence-corrected chi connectivity index (χ1v) is 10.4. The Hall–Kier alpha value is -2.89. The fourth-order valence-electron chi connectivity index (χ4n) is 3.85. The van der Waals surface area contributed by atoms with Crippen molar-refractivity contribution in [3.63, 3.8) is 0 Å². The zero-order chi connectivity index (χ0) is 21.6. The van der Waals surface area contributed by atoms with Crippen LogP contribution in [-0.2, 0) is 12.0 Å². The summed E-state index contributed by atoms with van der Waals surface area (Å²) in [5.74, 6) is 2.67. The topological polar surface area (TPSA) is 64.1 Å². The predicted molar refractivity (Wildman–Crippen MR) is 121 cm³/mol. The maximum absolute atomic E-state index is 5.45. The number of benzene rings is 2. The predicted octanol–water partition coefficient (Wildman–Crippen LogP) is 3.81. The number of aliphatic imine (C=N–C) groups is 1. The van der Waals surface area contributed by atoms with E-state index in [-0.39, 0.29) is 5.41 Å². The molecule has 0 aromatic heterocycles. The van der Waals surface area contributed by atoms with Gasteiger partial charge in [0.2, 0.25) is 5.75 Å². The number of hydrogen-bond acceptors (Lipinski definition) is 4. The Morgan fingerprint density at radius 2 is 1.67 bits per heavy atom. The van der Waals surface area contributed by atoms with Crippen LogP contribution in [-0.4, -0.2) is 40.4 Å². The standard InChI is InChI=1S/C24H33N3O3/c1-6-25-23(27-16-24(11-12-24)19-10-8-7-9-17(19)2)26-15-18-13-20(28-3)22(30-5)21(14-18)29-4/h7-10,13-14H,6,11-12,15-16H2,1-5H3,(H2,25,26,27). The molecule has 2 N–H and O–H groups in total. The van der Waals surface area contributed by atoms with E-state index in [1.165, 1.54) is 24.0 Å². The Morgan fingerprint density at radius 3 is 2.20 bits per heavy atom. The second kappa shape index (κ2) is 9.74. The minimum absolute atomic E-state index is 0.216. The molecule has 0 heterocycles. The monoisotopic (exact) mass is 411 g/mol. The molecule has 3 rings (SSSR count). The lowest BCUT2D eigenvalue weighted by Crippen LogP contribution is -2.41. The smallest absolute Gasteiger partial charge is 0.203 e. The molecule has 0 unspecified atom stereocenters. The average Bonchev–Trinajstić information content (AvgIpc) is 3.56. The summed E-state index contributed by atoms with van der Waals surface area (Å²) >= 11 is 0. The van der Waals surface area contributed by atoms with E-state index in [9.17, 15) is 0 Å². The third-order valence-electron chi connectivity index (χ3n) is 5.65. The number of guanidine groups is 1. The molecule has 2 aromatic rings. The van der Waals surface area contributed by atoms with Crippen molar-refractivity contribution in [1.82, 2.24) is 10.6 Å². The average molecular weight is 412 g/mol. The Balaban J connectivity index is 1.73. The number of rotatable bonds is 9. The molecule has 0 aliphatic heterocycles. The molecule has 0 saturated heterocycles. The molecule has 1 saturated carbocycles. The van der Waals surface area contributed by atoms with E-state index in [0.29, 0.717) is 23.8 Å². The normalized spacial score (nSPS) is 14.8. The zero-order valence-electron chi connectivity index (χ0n) is 18.7. The highest BCUT2D eigenvalue weighted by Gasteiger charge is 2.44. The zero-order valence-corrected chi connectivity index (χ0v) is 18.7. The molecule has 162 valence electrons. The lowest BCUT2D eigenvalue weighted by Gasteiger charge is -2.21. The molecule has 30 heavy (non-hydrogen) atoms. The highest BCUT2D eigenvalue weighted by Crippen LogP contribution is 2.48. The molecule has 1 fully saturated rings. The summed E-state index contributed by atoms with van der Waals surface area (Å²) in [7, 11) is 4.85. The Kier molecular flexibility index (Phi) is 7.08. The van der Waals surface area contributed by atoms with Crippen LogP contribution in [0.2, 0.25) is 0 Å². The number of hydrogen-bond donors (Lipinski definition) is 2. The molecule has 0 radical (unpaired) electrons. The quantitative estimate of drug-likeness (QED) is 0.485.